The monoisotopic (exact) mass is 297 g/mol. The van der Waals surface area contributed by atoms with Crippen molar-refractivity contribution < 1.29 is 4.74 Å². The zero-order valence-electron chi connectivity index (χ0n) is 10.3. The van der Waals surface area contributed by atoms with Crippen LogP contribution in [-0.2, 0) is 4.74 Å². The Kier molecular flexibility index (Phi) is 5.01. The molecule has 3 heteroatoms. The van der Waals surface area contributed by atoms with Gasteiger partial charge in [0.25, 0.3) is 0 Å². The van der Waals surface area contributed by atoms with Crippen LogP contribution < -0.4 is 5.32 Å². The van der Waals surface area contributed by atoms with Crippen LogP contribution in [0.2, 0.25) is 0 Å². The quantitative estimate of drug-likeness (QED) is 0.900. The minimum Gasteiger partial charge on any atom is -0.378 e. The minimum absolute atomic E-state index is 0.445. The zero-order valence-corrected chi connectivity index (χ0v) is 11.9. The molecule has 1 aromatic rings. The van der Waals surface area contributed by atoms with E-state index in [9.17, 15) is 0 Å². The Bertz CT molecular complexity index is 350. The molecule has 0 aliphatic carbocycles. The highest BCUT2D eigenvalue weighted by Gasteiger charge is 2.22. The van der Waals surface area contributed by atoms with E-state index >= 15 is 0 Å². The predicted octanol–water partition coefficient (Wildman–Crippen LogP) is 3.32. The summed E-state index contributed by atoms with van der Waals surface area (Å²) in [5, 5.41) is 3.29. The highest BCUT2D eigenvalue weighted by Crippen LogP contribution is 2.30. The number of hydrogen-bond acceptors (Lipinski definition) is 2. The average molecular weight is 298 g/mol. The van der Waals surface area contributed by atoms with Crippen LogP contribution in [0.15, 0.2) is 28.7 Å². The third kappa shape index (κ3) is 3.54. The van der Waals surface area contributed by atoms with Gasteiger partial charge in [-0.15, -0.1) is 0 Å². The van der Waals surface area contributed by atoms with Gasteiger partial charge < -0.3 is 10.1 Å². The van der Waals surface area contributed by atoms with Crippen molar-refractivity contribution in [2.45, 2.75) is 31.3 Å². The summed E-state index contributed by atoms with van der Waals surface area (Å²) in [7, 11) is 2.01. The molecule has 0 bridgehead atoms. The number of halogens is 1. The van der Waals surface area contributed by atoms with Crippen molar-refractivity contribution >= 4 is 15.9 Å². The van der Waals surface area contributed by atoms with Crippen LogP contribution in [-0.4, -0.2) is 26.3 Å². The molecule has 0 spiro atoms. The molecule has 2 rings (SSSR count). The fourth-order valence-electron chi connectivity index (χ4n) is 2.52. The largest absolute Gasteiger partial charge is 0.378 e. The minimum atomic E-state index is 0.445. The summed E-state index contributed by atoms with van der Waals surface area (Å²) < 4.78 is 6.95. The van der Waals surface area contributed by atoms with E-state index in [1.54, 1.807) is 0 Å². The summed E-state index contributed by atoms with van der Waals surface area (Å²) >= 11 is 3.65. The van der Waals surface area contributed by atoms with Crippen LogP contribution in [0.4, 0.5) is 0 Å². The number of nitrogens with one attached hydrogen (secondary N) is 1. The fraction of sp³-hybridized carbons (Fsp3) is 0.571. The molecule has 1 aromatic carbocycles. The van der Waals surface area contributed by atoms with Crippen LogP contribution in [0, 0.1) is 0 Å². The Morgan fingerprint density at radius 3 is 2.94 bits per heavy atom. The molecule has 1 saturated heterocycles. The van der Waals surface area contributed by atoms with Gasteiger partial charge in [-0.25, -0.2) is 0 Å². The van der Waals surface area contributed by atoms with Crippen LogP contribution >= 0.6 is 15.9 Å². The van der Waals surface area contributed by atoms with E-state index in [1.165, 1.54) is 22.9 Å². The number of hydrogen-bond donors (Lipinski definition) is 1. The molecule has 2 unspecified atom stereocenters. The maximum absolute atomic E-state index is 5.75. The molecule has 0 aromatic heterocycles. The van der Waals surface area contributed by atoms with Gasteiger partial charge in [0, 0.05) is 17.6 Å². The molecule has 94 valence electrons. The van der Waals surface area contributed by atoms with Crippen molar-refractivity contribution in [2.24, 2.45) is 0 Å². The summed E-state index contributed by atoms with van der Waals surface area (Å²) in [4.78, 5) is 0. The molecule has 1 aliphatic heterocycles. The van der Waals surface area contributed by atoms with Crippen LogP contribution in [0.3, 0.4) is 0 Å². The fourth-order valence-corrected chi connectivity index (χ4v) is 3.13. The first-order valence-electron chi connectivity index (χ1n) is 6.32. The lowest BCUT2D eigenvalue weighted by Crippen LogP contribution is -2.22. The lowest BCUT2D eigenvalue weighted by atomic mass is 9.92. The molecule has 0 amide bonds. The van der Waals surface area contributed by atoms with Gasteiger partial charge >= 0.3 is 0 Å². The first-order valence-corrected chi connectivity index (χ1v) is 7.11. The van der Waals surface area contributed by atoms with Crippen LogP contribution in [0.25, 0.3) is 0 Å². The second-order valence-electron chi connectivity index (χ2n) is 4.65. The predicted molar refractivity (Wildman–Crippen MR) is 74.4 cm³/mol. The van der Waals surface area contributed by atoms with Crippen molar-refractivity contribution in [3.8, 4) is 0 Å². The van der Waals surface area contributed by atoms with Gasteiger partial charge in [-0.2, -0.15) is 0 Å². The maximum atomic E-state index is 5.75. The van der Waals surface area contributed by atoms with Gasteiger partial charge in [-0.1, -0.05) is 34.1 Å². The first kappa shape index (κ1) is 13.1. The van der Waals surface area contributed by atoms with Crippen molar-refractivity contribution in [3.05, 3.63) is 34.3 Å². The zero-order chi connectivity index (χ0) is 12.1. The molecule has 1 aliphatic rings. The topological polar surface area (TPSA) is 21.3 Å². The van der Waals surface area contributed by atoms with E-state index in [2.05, 4.69) is 45.5 Å². The van der Waals surface area contributed by atoms with Gasteiger partial charge in [-0.3, -0.25) is 0 Å². The maximum Gasteiger partial charge on any atom is 0.0582 e. The van der Waals surface area contributed by atoms with Crippen molar-refractivity contribution in [1.29, 1.82) is 0 Å². The number of rotatable bonds is 5. The van der Waals surface area contributed by atoms with Gasteiger partial charge in [0.2, 0.25) is 0 Å². The van der Waals surface area contributed by atoms with E-state index in [1.807, 2.05) is 7.05 Å². The Morgan fingerprint density at radius 2 is 2.29 bits per heavy atom. The molecule has 0 radical (unpaired) electrons. The number of likely N-dealkylation sites (N-methyl/N-ethyl adjacent to an activating group) is 1. The third-order valence-corrected chi connectivity index (χ3v) is 4.09. The molecule has 17 heavy (non-hydrogen) atoms. The van der Waals surface area contributed by atoms with E-state index in [0.29, 0.717) is 12.0 Å². The normalized spacial score (nSPS) is 21.6. The summed E-state index contributed by atoms with van der Waals surface area (Å²) in [6.45, 7) is 1.94. The molecule has 0 saturated carbocycles. The SMILES string of the molecule is CNCC(CC1CCCO1)c1ccccc1Br. The average Bonchev–Trinajstić information content (AvgIpc) is 2.82. The molecule has 1 fully saturated rings. The van der Waals surface area contributed by atoms with E-state index in [4.69, 9.17) is 4.74 Å². The van der Waals surface area contributed by atoms with E-state index in [-0.39, 0.29) is 0 Å². The Balaban J connectivity index is 2.08. The lowest BCUT2D eigenvalue weighted by molar-refractivity contribution is 0.0978. The van der Waals surface area contributed by atoms with Crippen molar-refractivity contribution in [1.82, 2.24) is 5.32 Å². The molecule has 1 N–H and O–H groups in total. The third-order valence-electron chi connectivity index (χ3n) is 3.37. The van der Waals surface area contributed by atoms with Gasteiger partial charge in [0.15, 0.2) is 0 Å². The molecular weight excluding hydrogens is 278 g/mol. The first-order chi connectivity index (χ1) is 8.31. The van der Waals surface area contributed by atoms with Crippen LogP contribution in [0.5, 0.6) is 0 Å². The number of ether oxygens (including phenoxy) is 1. The molecule has 2 nitrogen and oxygen atoms in total. The second kappa shape index (κ2) is 6.53. The Hall–Kier alpha value is -0.380. The van der Waals surface area contributed by atoms with Crippen molar-refractivity contribution in [3.63, 3.8) is 0 Å². The van der Waals surface area contributed by atoms with Gasteiger partial charge in [-0.05, 0) is 43.9 Å². The Labute approximate surface area is 112 Å². The van der Waals surface area contributed by atoms with Gasteiger partial charge in [0.05, 0.1) is 6.10 Å². The van der Waals surface area contributed by atoms with Gasteiger partial charge in [0.1, 0.15) is 0 Å². The summed E-state index contributed by atoms with van der Waals surface area (Å²) in [6.07, 6.45) is 3.99. The van der Waals surface area contributed by atoms with E-state index < -0.39 is 0 Å². The molecule has 2 atom stereocenters. The highest BCUT2D eigenvalue weighted by molar-refractivity contribution is 9.10. The molecular formula is C14H20BrNO. The summed E-state index contributed by atoms with van der Waals surface area (Å²) in [5.74, 6) is 0.527. The second-order valence-corrected chi connectivity index (χ2v) is 5.50. The molecule has 1 heterocycles. The van der Waals surface area contributed by atoms with Crippen molar-refractivity contribution in [2.75, 3.05) is 20.2 Å². The lowest BCUT2D eigenvalue weighted by Gasteiger charge is -2.21. The standard InChI is InChI=1S/C14H20BrNO/c1-16-10-11(9-12-5-4-8-17-12)13-6-2-3-7-14(13)15/h2-3,6-7,11-12,16H,4-5,8-10H2,1H3. The summed E-state index contributed by atoms with van der Waals surface area (Å²) in [5.41, 5.74) is 1.39. The smallest absolute Gasteiger partial charge is 0.0582 e. The number of benzene rings is 1. The van der Waals surface area contributed by atoms with E-state index in [0.717, 1.165) is 19.6 Å². The summed E-state index contributed by atoms with van der Waals surface area (Å²) in [6, 6.07) is 8.50. The highest BCUT2D eigenvalue weighted by atomic mass is 79.9. The van der Waals surface area contributed by atoms with Crippen LogP contribution in [0.1, 0.15) is 30.7 Å². The Morgan fingerprint density at radius 1 is 1.47 bits per heavy atom.